The second kappa shape index (κ2) is 6.24. The number of pyridine rings is 1. The normalized spacial score (nSPS) is 13.6. The number of para-hydroxylation sites is 1. The molecule has 0 saturated carbocycles. The quantitative estimate of drug-likeness (QED) is 0.705. The fourth-order valence-corrected chi connectivity index (χ4v) is 3.72. The molecule has 0 fully saturated rings. The Labute approximate surface area is 159 Å². The van der Waals surface area contributed by atoms with Crippen molar-refractivity contribution in [2.45, 2.75) is 26.7 Å². The first-order chi connectivity index (χ1) is 12.9. The van der Waals surface area contributed by atoms with Crippen molar-refractivity contribution in [2.75, 3.05) is 0 Å². The van der Waals surface area contributed by atoms with E-state index in [-0.39, 0.29) is 22.7 Å². The summed E-state index contributed by atoms with van der Waals surface area (Å²) in [6.07, 6.45) is 0. The van der Waals surface area contributed by atoms with Crippen LogP contribution in [0.4, 0.5) is 0 Å². The van der Waals surface area contributed by atoms with Gasteiger partial charge in [-0.15, -0.1) is 11.3 Å². The molecular formula is C19H16N4O3S. The molecule has 3 aromatic rings. The molecule has 1 aliphatic heterocycles. The number of aryl methyl sites for hydroxylation is 1. The molecule has 3 heterocycles. The number of rotatable bonds is 3. The van der Waals surface area contributed by atoms with E-state index in [2.05, 4.69) is 15.4 Å². The topological polar surface area (TPSA) is 92.3 Å². The summed E-state index contributed by atoms with van der Waals surface area (Å²) in [5, 5.41) is 3.66. The van der Waals surface area contributed by atoms with E-state index in [4.69, 9.17) is 0 Å². The molecule has 2 aromatic heterocycles. The Morgan fingerprint density at radius 3 is 2.48 bits per heavy atom. The summed E-state index contributed by atoms with van der Waals surface area (Å²) in [4.78, 5) is 47.1. The number of aromatic nitrogens is 2. The standard InChI is InChI=1S/C19H16N4O3S/c1-9(2)16-15-14(11-6-4-5-7-12(11)21-16)18(25)23(19(15)26)22-17(24)13-8-27-10(3)20-13/h4-9H,1-3H3,(H,22,24). The summed E-state index contributed by atoms with van der Waals surface area (Å²) in [7, 11) is 0. The summed E-state index contributed by atoms with van der Waals surface area (Å²) >= 11 is 1.32. The largest absolute Gasteiger partial charge is 0.289 e. The number of imide groups is 1. The number of hydrogen-bond donors (Lipinski definition) is 1. The third kappa shape index (κ3) is 2.69. The maximum Gasteiger partial charge on any atom is 0.289 e. The van der Waals surface area contributed by atoms with E-state index < -0.39 is 17.7 Å². The Morgan fingerprint density at radius 2 is 1.81 bits per heavy atom. The molecule has 0 unspecified atom stereocenters. The van der Waals surface area contributed by atoms with Gasteiger partial charge in [-0.25, -0.2) is 4.98 Å². The average Bonchev–Trinajstić information content (AvgIpc) is 3.18. The maximum atomic E-state index is 13.0. The zero-order valence-corrected chi connectivity index (χ0v) is 15.8. The molecule has 0 saturated heterocycles. The van der Waals surface area contributed by atoms with Crippen molar-refractivity contribution >= 4 is 40.0 Å². The lowest BCUT2D eigenvalue weighted by Gasteiger charge is -2.14. The number of carbonyl (C=O) groups is 3. The monoisotopic (exact) mass is 380 g/mol. The van der Waals surface area contributed by atoms with Crippen LogP contribution in [0, 0.1) is 6.92 Å². The molecule has 27 heavy (non-hydrogen) atoms. The predicted molar refractivity (Wildman–Crippen MR) is 101 cm³/mol. The van der Waals surface area contributed by atoms with Gasteiger partial charge in [-0.2, -0.15) is 5.01 Å². The first-order valence-electron chi connectivity index (χ1n) is 8.43. The number of nitrogens with one attached hydrogen (secondary N) is 1. The lowest BCUT2D eigenvalue weighted by molar-refractivity contribution is 0.0517. The molecular weight excluding hydrogens is 364 g/mol. The first kappa shape index (κ1) is 17.3. The molecule has 0 aliphatic carbocycles. The Balaban J connectivity index is 1.81. The van der Waals surface area contributed by atoms with E-state index in [1.165, 1.54) is 11.3 Å². The molecule has 8 heteroatoms. The Bertz CT molecular complexity index is 1120. The minimum atomic E-state index is -0.600. The molecule has 136 valence electrons. The van der Waals surface area contributed by atoms with E-state index in [0.29, 0.717) is 16.6 Å². The molecule has 1 aromatic carbocycles. The molecule has 1 aliphatic rings. The minimum absolute atomic E-state index is 0.0584. The van der Waals surface area contributed by atoms with Gasteiger partial charge in [-0.1, -0.05) is 32.0 Å². The molecule has 1 N–H and O–H groups in total. The van der Waals surface area contributed by atoms with Gasteiger partial charge in [0.05, 0.1) is 27.3 Å². The van der Waals surface area contributed by atoms with Crippen molar-refractivity contribution in [3.63, 3.8) is 0 Å². The summed E-state index contributed by atoms with van der Waals surface area (Å²) in [6.45, 7) is 5.60. The second-order valence-corrected chi connectivity index (χ2v) is 7.62. The van der Waals surface area contributed by atoms with Crippen LogP contribution in [-0.4, -0.2) is 32.7 Å². The SMILES string of the molecule is Cc1nc(C(=O)NN2C(=O)c3c(C(C)C)nc4ccccc4c3C2=O)cs1. The maximum absolute atomic E-state index is 13.0. The van der Waals surface area contributed by atoms with E-state index in [9.17, 15) is 14.4 Å². The molecule has 0 spiro atoms. The van der Waals surface area contributed by atoms with Crippen LogP contribution in [0.15, 0.2) is 29.6 Å². The predicted octanol–water partition coefficient (Wildman–Crippen LogP) is 3.06. The molecule has 0 bridgehead atoms. The van der Waals surface area contributed by atoms with Crippen LogP contribution >= 0.6 is 11.3 Å². The van der Waals surface area contributed by atoms with Crippen molar-refractivity contribution in [1.82, 2.24) is 20.4 Å². The molecule has 0 atom stereocenters. The van der Waals surface area contributed by atoms with E-state index in [1.54, 1.807) is 30.5 Å². The van der Waals surface area contributed by atoms with Crippen LogP contribution in [0.5, 0.6) is 0 Å². The summed E-state index contributed by atoms with van der Waals surface area (Å²) < 4.78 is 0. The smallest absolute Gasteiger partial charge is 0.267 e. The summed E-state index contributed by atoms with van der Waals surface area (Å²) in [5.74, 6) is -1.79. The van der Waals surface area contributed by atoms with Crippen LogP contribution < -0.4 is 5.43 Å². The first-order valence-corrected chi connectivity index (χ1v) is 9.31. The zero-order chi connectivity index (χ0) is 19.3. The van der Waals surface area contributed by atoms with Crippen LogP contribution in [0.25, 0.3) is 10.9 Å². The number of nitrogens with zero attached hydrogens (tertiary/aromatic N) is 3. The van der Waals surface area contributed by atoms with Gasteiger partial charge >= 0.3 is 0 Å². The highest BCUT2D eigenvalue weighted by Crippen LogP contribution is 2.33. The van der Waals surface area contributed by atoms with Crippen LogP contribution in [0.3, 0.4) is 0 Å². The van der Waals surface area contributed by atoms with E-state index >= 15 is 0 Å². The van der Waals surface area contributed by atoms with Crippen LogP contribution in [0.2, 0.25) is 0 Å². The Kier molecular flexibility index (Phi) is 4.00. The van der Waals surface area contributed by atoms with Crippen molar-refractivity contribution in [2.24, 2.45) is 0 Å². The highest BCUT2D eigenvalue weighted by atomic mass is 32.1. The lowest BCUT2D eigenvalue weighted by Crippen LogP contribution is -2.46. The van der Waals surface area contributed by atoms with Gasteiger partial charge in [0.15, 0.2) is 0 Å². The minimum Gasteiger partial charge on any atom is -0.267 e. The summed E-state index contributed by atoms with van der Waals surface area (Å²) in [5.41, 5.74) is 4.29. The highest BCUT2D eigenvalue weighted by molar-refractivity contribution is 7.09. The number of carbonyl (C=O) groups excluding carboxylic acids is 3. The van der Waals surface area contributed by atoms with Crippen LogP contribution in [-0.2, 0) is 0 Å². The van der Waals surface area contributed by atoms with E-state index in [0.717, 1.165) is 10.0 Å². The summed E-state index contributed by atoms with van der Waals surface area (Å²) in [6, 6.07) is 7.18. The number of benzene rings is 1. The number of amides is 3. The number of hydrazine groups is 1. The van der Waals surface area contributed by atoms with Crippen molar-refractivity contribution < 1.29 is 14.4 Å². The van der Waals surface area contributed by atoms with Gasteiger partial charge in [-0.3, -0.25) is 24.8 Å². The van der Waals surface area contributed by atoms with Gasteiger partial charge in [0.1, 0.15) is 5.69 Å². The molecule has 0 radical (unpaired) electrons. The zero-order valence-electron chi connectivity index (χ0n) is 14.9. The highest BCUT2D eigenvalue weighted by Gasteiger charge is 2.41. The Hall–Kier alpha value is -3.13. The molecule has 3 amide bonds. The number of hydrogen-bond acceptors (Lipinski definition) is 6. The van der Waals surface area contributed by atoms with Gasteiger partial charge in [-0.05, 0) is 18.9 Å². The van der Waals surface area contributed by atoms with Gasteiger partial charge < -0.3 is 0 Å². The molecule has 4 rings (SSSR count). The fraction of sp³-hybridized carbons (Fsp3) is 0.211. The van der Waals surface area contributed by atoms with Crippen molar-refractivity contribution in [3.05, 3.63) is 57.2 Å². The second-order valence-electron chi connectivity index (χ2n) is 6.56. The van der Waals surface area contributed by atoms with Gasteiger partial charge in [0.2, 0.25) is 0 Å². The van der Waals surface area contributed by atoms with Gasteiger partial charge in [0, 0.05) is 10.8 Å². The van der Waals surface area contributed by atoms with Crippen molar-refractivity contribution in [1.29, 1.82) is 0 Å². The van der Waals surface area contributed by atoms with Gasteiger partial charge in [0.25, 0.3) is 17.7 Å². The molecule has 7 nitrogen and oxygen atoms in total. The lowest BCUT2D eigenvalue weighted by atomic mass is 9.97. The number of fused-ring (bicyclic) bond motifs is 3. The fourth-order valence-electron chi connectivity index (χ4n) is 3.13. The van der Waals surface area contributed by atoms with Crippen LogP contribution in [0.1, 0.15) is 61.7 Å². The average molecular weight is 380 g/mol. The van der Waals surface area contributed by atoms with Crippen molar-refractivity contribution in [3.8, 4) is 0 Å². The third-order valence-electron chi connectivity index (χ3n) is 4.37. The number of thiazole rings is 1. The van der Waals surface area contributed by atoms with E-state index in [1.807, 2.05) is 19.9 Å². The third-order valence-corrected chi connectivity index (χ3v) is 5.14. The Morgan fingerprint density at radius 1 is 1.11 bits per heavy atom.